The predicted octanol–water partition coefficient (Wildman–Crippen LogP) is 6.88. The van der Waals surface area contributed by atoms with Crippen molar-refractivity contribution in [1.29, 1.82) is 0 Å². The average molecular weight is 671 g/mol. The molecule has 0 heterocycles. The molecule has 4 aromatic carbocycles. The van der Waals surface area contributed by atoms with Gasteiger partial charge in [-0.1, -0.05) is 77.8 Å². The molecule has 0 aromatic heterocycles. The molecule has 1 N–H and O–H groups in total. The number of halogens is 3. The van der Waals surface area contributed by atoms with E-state index in [1.54, 1.807) is 48.5 Å². The van der Waals surface area contributed by atoms with E-state index in [1.807, 2.05) is 51.1 Å². The minimum atomic E-state index is -4.34. The molecule has 0 aliphatic rings. The second-order valence-corrected chi connectivity index (χ2v) is 14.2. The Morgan fingerprint density at radius 1 is 0.822 bits per heavy atom. The molecule has 0 fully saturated rings. The fourth-order valence-electron chi connectivity index (χ4n) is 4.70. The topological polar surface area (TPSA) is 86.8 Å². The number of benzene rings is 4. The largest absolute Gasteiger partial charge is 0.350 e. The number of anilines is 1. The number of hydrogen-bond acceptors (Lipinski definition) is 4. The minimum absolute atomic E-state index is 0.0655. The van der Waals surface area contributed by atoms with Crippen LogP contribution in [-0.4, -0.2) is 43.3 Å². The van der Waals surface area contributed by atoms with Gasteiger partial charge in [0.15, 0.2) is 0 Å². The van der Waals surface area contributed by atoms with Crippen molar-refractivity contribution in [2.24, 2.45) is 0 Å². The number of carbonyl (C=O) groups excluding carboxylic acids is 2. The second-order valence-electron chi connectivity index (χ2n) is 11.5. The lowest BCUT2D eigenvalue weighted by Crippen LogP contribution is -2.56. The SMILES string of the molecule is CC(C)(C)NC(=O)[C@@H](Cc1ccccc1)N(Cc1ccc(Cl)c(Cl)c1)C(=O)CN(c1ccccc1)S(=O)(=O)c1ccc(F)cc1. The third kappa shape index (κ3) is 9.06. The van der Waals surface area contributed by atoms with Crippen LogP contribution in [0.5, 0.6) is 0 Å². The molecule has 0 aliphatic carbocycles. The van der Waals surface area contributed by atoms with Gasteiger partial charge in [0.1, 0.15) is 18.4 Å². The van der Waals surface area contributed by atoms with Gasteiger partial charge < -0.3 is 10.2 Å². The molecular weight excluding hydrogens is 636 g/mol. The van der Waals surface area contributed by atoms with E-state index in [1.165, 1.54) is 4.90 Å². The molecule has 4 aromatic rings. The van der Waals surface area contributed by atoms with E-state index in [-0.39, 0.29) is 28.6 Å². The fourth-order valence-corrected chi connectivity index (χ4v) is 6.43. The van der Waals surface area contributed by atoms with E-state index in [0.29, 0.717) is 10.6 Å². The molecule has 2 amide bonds. The molecule has 0 radical (unpaired) electrons. The molecule has 0 spiro atoms. The zero-order chi connectivity index (χ0) is 32.8. The van der Waals surface area contributed by atoms with Crippen molar-refractivity contribution in [2.45, 2.75) is 50.2 Å². The van der Waals surface area contributed by atoms with Crippen LogP contribution in [0.4, 0.5) is 10.1 Å². The van der Waals surface area contributed by atoms with E-state index in [0.717, 1.165) is 34.1 Å². The van der Waals surface area contributed by atoms with Gasteiger partial charge in [0, 0.05) is 18.5 Å². The van der Waals surface area contributed by atoms with Crippen LogP contribution in [0.2, 0.25) is 10.0 Å². The summed E-state index contributed by atoms with van der Waals surface area (Å²) in [5, 5.41) is 3.57. The minimum Gasteiger partial charge on any atom is -0.350 e. The lowest BCUT2D eigenvalue weighted by Gasteiger charge is -2.35. The molecule has 7 nitrogen and oxygen atoms in total. The van der Waals surface area contributed by atoms with Crippen LogP contribution in [0.15, 0.2) is 108 Å². The van der Waals surface area contributed by atoms with Crippen LogP contribution >= 0.6 is 23.2 Å². The number of carbonyl (C=O) groups is 2. The van der Waals surface area contributed by atoms with Gasteiger partial charge in [0.2, 0.25) is 11.8 Å². The maximum Gasteiger partial charge on any atom is 0.264 e. The Labute approximate surface area is 273 Å². The summed E-state index contributed by atoms with van der Waals surface area (Å²) >= 11 is 12.5. The molecule has 1 atom stereocenters. The Morgan fingerprint density at radius 3 is 2.00 bits per heavy atom. The zero-order valence-corrected chi connectivity index (χ0v) is 27.4. The van der Waals surface area contributed by atoms with Crippen molar-refractivity contribution in [3.63, 3.8) is 0 Å². The van der Waals surface area contributed by atoms with Gasteiger partial charge in [-0.15, -0.1) is 0 Å². The van der Waals surface area contributed by atoms with Crippen LogP contribution in [0.25, 0.3) is 0 Å². The summed E-state index contributed by atoms with van der Waals surface area (Å²) in [6.07, 6.45) is 0.159. The van der Waals surface area contributed by atoms with Gasteiger partial charge in [-0.2, -0.15) is 0 Å². The van der Waals surface area contributed by atoms with E-state index in [4.69, 9.17) is 23.2 Å². The van der Waals surface area contributed by atoms with Gasteiger partial charge in [-0.3, -0.25) is 13.9 Å². The number of para-hydroxylation sites is 1. The first-order chi connectivity index (χ1) is 21.2. The first kappa shape index (κ1) is 34.0. The van der Waals surface area contributed by atoms with Crippen molar-refractivity contribution < 1.29 is 22.4 Å². The third-order valence-corrected chi connectivity index (χ3v) is 9.36. The van der Waals surface area contributed by atoms with E-state index in [2.05, 4.69) is 5.32 Å². The lowest BCUT2D eigenvalue weighted by atomic mass is 10.0. The monoisotopic (exact) mass is 669 g/mol. The predicted molar refractivity (Wildman–Crippen MR) is 176 cm³/mol. The number of rotatable bonds is 11. The highest BCUT2D eigenvalue weighted by molar-refractivity contribution is 7.92. The summed E-state index contributed by atoms with van der Waals surface area (Å²) in [5.41, 5.74) is 1.000. The Hall–Kier alpha value is -3.92. The molecule has 45 heavy (non-hydrogen) atoms. The summed E-state index contributed by atoms with van der Waals surface area (Å²) in [5.74, 6) is -1.65. The number of nitrogens with zero attached hydrogens (tertiary/aromatic N) is 2. The average Bonchev–Trinajstić information content (AvgIpc) is 2.99. The molecule has 0 saturated heterocycles. The highest BCUT2D eigenvalue weighted by Crippen LogP contribution is 2.27. The Bertz CT molecular complexity index is 1730. The van der Waals surface area contributed by atoms with E-state index < -0.39 is 45.8 Å². The summed E-state index contributed by atoms with van der Waals surface area (Å²) in [6.45, 7) is 4.80. The van der Waals surface area contributed by atoms with E-state index in [9.17, 15) is 22.4 Å². The van der Waals surface area contributed by atoms with Gasteiger partial charge >= 0.3 is 0 Å². The smallest absolute Gasteiger partial charge is 0.264 e. The van der Waals surface area contributed by atoms with Crippen LogP contribution in [0.3, 0.4) is 0 Å². The molecule has 0 aliphatic heterocycles. The van der Waals surface area contributed by atoms with Gasteiger partial charge in [0.05, 0.1) is 20.6 Å². The maximum atomic E-state index is 14.4. The lowest BCUT2D eigenvalue weighted by molar-refractivity contribution is -0.140. The fraction of sp³-hybridized carbons (Fsp3) is 0.235. The van der Waals surface area contributed by atoms with Crippen LogP contribution in [0, 0.1) is 5.82 Å². The summed E-state index contributed by atoms with van der Waals surface area (Å²) in [6, 6.07) is 25.6. The van der Waals surface area contributed by atoms with Crippen molar-refractivity contribution in [1.82, 2.24) is 10.2 Å². The van der Waals surface area contributed by atoms with Crippen molar-refractivity contribution in [2.75, 3.05) is 10.8 Å². The van der Waals surface area contributed by atoms with E-state index >= 15 is 0 Å². The molecule has 0 bridgehead atoms. The standard InChI is InChI=1S/C34H34Cl2FN3O4S/c1-34(2,3)38-33(42)31(21-24-10-6-4-7-11-24)39(22-25-14-19-29(35)30(36)20-25)32(41)23-40(27-12-8-5-9-13-27)45(43,44)28-17-15-26(37)16-18-28/h4-20,31H,21-23H2,1-3H3,(H,38,42)/t31-/m1/s1. The van der Waals surface area contributed by atoms with Crippen LogP contribution in [-0.2, 0) is 32.6 Å². The van der Waals surface area contributed by atoms with Crippen molar-refractivity contribution in [3.8, 4) is 0 Å². The maximum absolute atomic E-state index is 14.4. The normalized spacial score (nSPS) is 12.3. The molecular formula is C34H34Cl2FN3O4S. The van der Waals surface area contributed by atoms with Gasteiger partial charge in [0.25, 0.3) is 10.0 Å². The summed E-state index contributed by atoms with van der Waals surface area (Å²) in [7, 11) is -4.34. The quantitative estimate of drug-likeness (QED) is 0.189. The van der Waals surface area contributed by atoms with Gasteiger partial charge in [-0.05, 0) is 80.4 Å². The molecule has 0 unspecified atom stereocenters. The first-order valence-electron chi connectivity index (χ1n) is 14.2. The molecule has 0 saturated carbocycles. The second kappa shape index (κ2) is 14.5. The van der Waals surface area contributed by atoms with Crippen LogP contribution in [0.1, 0.15) is 31.9 Å². The Balaban J connectivity index is 1.81. The van der Waals surface area contributed by atoms with Crippen LogP contribution < -0.4 is 9.62 Å². The molecule has 4 rings (SSSR count). The highest BCUT2D eigenvalue weighted by atomic mass is 35.5. The van der Waals surface area contributed by atoms with Gasteiger partial charge in [-0.25, -0.2) is 12.8 Å². The molecule has 236 valence electrons. The molecule has 11 heteroatoms. The number of sulfonamides is 1. The Morgan fingerprint density at radius 2 is 1.42 bits per heavy atom. The summed E-state index contributed by atoms with van der Waals surface area (Å²) in [4.78, 5) is 29.5. The van der Waals surface area contributed by atoms with Crippen molar-refractivity contribution >= 4 is 50.7 Å². The highest BCUT2D eigenvalue weighted by Gasteiger charge is 2.35. The number of hydrogen-bond donors (Lipinski definition) is 1. The number of amides is 2. The Kier molecular flexibility index (Phi) is 10.9. The van der Waals surface area contributed by atoms with Crippen molar-refractivity contribution in [3.05, 3.63) is 130 Å². The summed E-state index contributed by atoms with van der Waals surface area (Å²) < 4.78 is 42.6. The third-order valence-electron chi connectivity index (χ3n) is 6.83. The zero-order valence-electron chi connectivity index (χ0n) is 25.1. The first-order valence-corrected chi connectivity index (χ1v) is 16.4. The number of nitrogens with one attached hydrogen (secondary N) is 1.